The van der Waals surface area contributed by atoms with E-state index in [1.54, 1.807) is 6.07 Å². The van der Waals surface area contributed by atoms with Gasteiger partial charge in [0, 0.05) is 17.0 Å². The Morgan fingerprint density at radius 1 is 1.26 bits per heavy atom. The molecule has 1 atom stereocenters. The van der Waals surface area contributed by atoms with Crippen LogP contribution in [0.1, 0.15) is 25.3 Å². The topological polar surface area (TPSA) is 113 Å². The number of anilines is 1. The van der Waals surface area contributed by atoms with Gasteiger partial charge in [0.1, 0.15) is 0 Å². The van der Waals surface area contributed by atoms with Crippen LogP contribution in [0.4, 0.5) is 11.6 Å². The first-order valence-electron chi connectivity index (χ1n) is 8.31. The van der Waals surface area contributed by atoms with Crippen LogP contribution < -0.4 is 10.1 Å². The standard InChI is InChI=1S/C17H16N5O4S/c1-2-9-27-17-19-16-14(20-21-17)10-5-3-4-6-11(10)18-15(26-16)12-7-8-13(25-12)22(23)24/h3-8,15,18H,2,9H2,1H3,(H,23,24)/q+1. The highest BCUT2D eigenvalue weighted by Gasteiger charge is 2.30. The molecule has 1 unspecified atom stereocenters. The van der Waals surface area contributed by atoms with Gasteiger partial charge in [0.05, 0.1) is 11.0 Å². The molecule has 0 bridgehead atoms. The molecule has 0 amide bonds. The number of nitrogens with one attached hydrogen (secondary N) is 1. The summed E-state index contributed by atoms with van der Waals surface area (Å²) in [5.41, 5.74) is 2.06. The summed E-state index contributed by atoms with van der Waals surface area (Å²) in [5.74, 6) is 1.25. The normalized spacial score (nSPS) is 15.1. The SMILES string of the molecule is CCCSc1nnc2c(n1)OC(c1ccc([N+](=O)O)o1)Nc1ccccc1-2. The molecule has 3 heterocycles. The molecule has 2 aromatic heterocycles. The maximum atomic E-state index is 11.0. The van der Waals surface area contributed by atoms with Crippen molar-refractivity contribution in [3.63, 3.8) is 0 Å². The number of furan rings is 1. The molecule has 0 fully saturated rings. The third-order valence-corrected chi connectivity index (χ3v) is 4.87. The van der Waals surface area contributed by atoms with Gasteiger partial charge in [-0.15, -0.1) is 10.2 Å². The minimum absolute atomic E-state index is 0.242. The Bertz CT molecular complexity index is 993. The molecule has 2 N–H and O–H groups in total. The molecule has 1 aliphatic rings. The molecule has 0 radical (unpaired) electrons. The third kappa shape index (κ3) is 3.43. The molecule has 0 aliphatic carbocycles. The lowest BCUT2D eigenvalue weighted by molar-refractivity contribution is -0.737. The molecular formula is C17H16N5O4S+. The average Bonchev–Trinajstić information content (AvgIpc) is 3.11. The van der Waals surface area contributed by atoms with Crippen LogP contribution in [0.5, 0.6) is 5.88 Å². The third-order valence-electron chi connectivity index (χ3n) is 3.83. The van der Waals surface area contributed by atoms with Crippen LogP contribution in [-0.4, -0.2) is 31.1 Å². The fourth-order valence-corrected chi connectivity index (χ4v) is 3.25. The zero-order valence-corrected chi connectivity index (χ0v) is 15.1. The van der Waals surface area contributed by atoms with Crippen molar-refractivity contribution in [1.29, 1.82) is 0 Å². The summed E-state index contributed by atoms with van der Waals surface area (Å²) in [6.07, 6.45) is 0.225. The second-order valence-corrected chi connectivity index (χ2v) is 6.80. The fourth-order valence-electron chi connectivity index (χ4n) is 2.62. The van der Waals surface area contributed by atoms with Crippen molar-refractivity contribution < 1.29 is 19.3 Å². The summed E-state index contributed by atoms with van der Waals surface area (Å²) in [7, 11) is 0. The van der Waals surface area contributed by atoms with Crippen LogP contribution >= 0.6 is 11.8 Å². The first-order chi connectivity index (χ1) is 13.2. The van der Waals surface area contributed by atoms with E-state index in [2.05, 4.69) is 27.4 Å². The Morgan fingerprint density at radius 2 is 2.11 bits per heavy atom. The quantitative estimate of drug-likeness (QED) is 0.497. The predicted molar refractivity (Wildman–Crippen MR) is 97.1 cm³/mol. The number of hydrogen-bond donors (Lipinski definition) is 2. The smallest absolute Gasteiger partial charge is 0.444 e. The summed E-state index contributed by atoms with van der Waals surface area (Å²) in [5, 5.41) is 21.2. The zero-order chi connectivity index (χ0) is 18.8. The van der Waals surface area contributed by atoms with E-state index >= 15 is 0 Å². The van der Waals surface area contributed by atoms with E-state index in [-0.39, 0.29) is 10.8 Å². The lowest BCUT2D eigenvalue weighted by atomic mass is 10.1. The molecule has 138 valence electrons. The van der Waals surface area contributed by atoms with Gasteiger partial charge in [-0.1, -0.05) is 36.9 Å². The Morgan fingerprint density at radius 3 is 2.89 bits per heavy atom. The van der Waals surface area contributed by atoms with Crippen molar-refractivity contribution in [3.8, 4) is 17.1 Å². The Hall–Kier alpha value is -3.14. The molecule has 9 nitrogen and oxygen atoms in total. The van der Waals surface area contributed by atoms with Crippen molar-refractivity contribution in [2.24, 2.45) is 0 Å². The van der Waals surface area contributed by atoms with Crippen LogP contribution in [0.15, 0.2) is 46.0 Å². The van der Waals surface area contributed by atoms with Gasteiger partial charge in [-0.2, -0.15) is 4.98 Å². The molecule has 1 aliphatic heterocycles. The number of hydrogen-bond acceptors (Lipinski definition) is 8. The second kappa shape index (κ2) is 7.23. The highest BCUT2D eigenvalue weighted by molar-refractivity contribution is 7.99. The van der Waals surface area contributed by atoms with Gasteiger partial charge < -0.3 is 14.5 Å². The van der Waals surface area contributed by atoms with Gasteiger partial charge in [0.15, 0.2) is 11.5 Å². The summed E-state index contributed by atoms with van der Waals surface area (Å²) in [6.45, 7) is 2.07. The second-order valence-electron chi connectivity index (χ2n) is 5.73. The minimum atomic E-state index is -0.762. The van der Waals surface area contributed by atoms with Crippen LogP contribution in [0.3, 0.4) is 0 Å². The van der Waals surface area contributed by atoms with E-state index in [4.69, 9.17) is 14.4 Å². The highest BCUT2D eigenvalue weighted by atomic mass is 32.2. The number of fused-ring (bicyclic) bond motifs is 3. The van der Waals surface area contributed by atoms with Crippen LogP contribution in [-0.2, 0) is 0 Å². The zero-order valence-electron chi connectivity index (χ0n) is 14.3. The van der Waals surface area contributed by atoms with E-state index in [0.717, 1.165) is 23.4 Å². The van der Waals surface area contributed by atoms with Crippen molar-refractivity contribution in [1.82, 2.24) is 15.2 Å². The lowest BCUT2D eigenvalue weighted by Gasteiger charge is -2.16. The Balaban J connectivity index is 1.76. The molecule has 3 aromatic rings. The maximum absolute atomic E-state index is 11.0. The van der Waals surface area contributed by atoms with Crippen molar-refractivity contribution >= 4 is 23.3 Å². The van der Waals surface area contributed by atoms with Gasteiger partial charge in [0.25, 0.3) is 4.92 Å². The first kappa shape index (κ1) is 17.3. The summed E-state index contributed by atoms with van der Waals surface area (Å²) in [6, 6.07) is 10.4. The number of thioether (sulfide) groups is 1. The number of nitrogens with zero attached hydrogens (tertiary/aromatic N) is 4. The van der Waals surface area contributed by atoms with Gasteiger partial charge in [0.2, 0.25) is 17.3 Å². The highest BCUT2D eigenvalue weighted by Crippen LogP contribution is 2.40. The lowest BCUT2D eigenvalue weighted by Crippen LogP contribution is -2.16. The van der Waals surface area contributed by atoms with E-state index in [0.29, 0.717) is 22.5 Å². The Kier molecular flexibility index (Phi) is 4.63. The van der Waals surface area contributed by atoms with Crippen LogP contribution in [0, 0.1) is 4.91 Å². The van der Waals surface area contributed by atoms with E-state index in [1.807, 2.05) is 24.3 Å². The first-order valence-corrected chi connectivity index (χ1v) is 9.30. The molecule has 0 spiro atoms. The minimum Gasteiger partial charge on any atom is -0.444 e. The van der Waals surface area contributed by atoms with E-state index < -0.39 is 6.23 Å². The molecule has 0 saturated heterocycles. The summed E-state index contributed by atoms with van der Waals surface area (Å²) < 4.78 is 11.4. The molecule has 1 aromatic carbocycles. The van der Waals surface area contributed by atoms with Crippen LogP contribution in [0.2, 0.25) is 0 Å². The molecule has 0 saturated carbocycles. The molecule has 10 heteroatoms. The van der Waals surface area contributed by atoms with Crippen molar-refractivity contribution in [2.75, 3.05) is 11.1 Å². The van der Waals surface area contributed by atoms with Crippen molar-refractivity contribution in [2.45, 2.75) is 24.7 Å². The van der Waals surface area contributed by atoms with Gasteiger partial charge in [-0.3, -0.25) is 0 Å². The number of para-hydroxylation sites is 1. The number of benzene rings is 1. The molecular weight excluding hydrogens is 370 g/mol. The monoisotopic (exact) mass is 386 g/mol. The largest absolute Gasteiger partial charge is 0.480 e. The van der Waals surface area contributed by atoms with Gasteiger partial charge >= 0.3 is 5.88 Å². The van der Waals surface area contributed by atoms with Gasteiger partial charge in [-0.05, 0) is 18.6 Å². The average molecular weight is 386 g/mol. The van der Waals surface area contributed by atoms with Crippen LogP contribution in [0.25, 0.3) is 11.3 Å². The summed E-state index contributed by atoms with van der Waals surface area (Å²) >= 11 is 1.50. The molecule has 27 heavy (non-hydrogen) atoms. The van der Waals surface area contributed by atoms with E-state index in [1.165, 1.54) is 17.8 Å². The van der Waals surface area contributed by atoms with Gasteiger partial charge in [-0.25, -0.2) is 5.21 Å². The number of aromatic nitrogens is 3. The predicted octanol–water partition coefficient (Wildman–Crippen LogP) is 3.94. The number of ether oxygens (including phenoxy) is 1. The molecule has 4 rings (SSSR count). The Labute approximate surface area is 158 Å². The fraction of sp³-hybridized carbons (Fsp3) is 0.235. The number of rotatable bonds is 5. The summed E-state index contributed by atoms with van der Waals surface area (Å²) in [4.78, 5) is 15.2. The van der Waals surface area contributed by atoms with Crippen molar-refractivity contribution in [3.05, 3.63) is 47.1 Å². The maximum Gasteiger partial charge on any atom is 0.480 e. The van der Waals surface area contributed by atoms with E-state index in [9.17, 15) is 4.91 Å².